The molecule has 1 N–H and O–H groups in total. The number of hydrogen-bond donors (Lipinski definition) is 1. The quantitative estimate of drug-likeness (QED) is 0.400. The van der Waals surface area contributed by atoms with Crippen LogP contribution in [0.4, 0.5) is 0 Å². The molecule has 0 spiro atoms. The third-order valence-electron chi connectivity index (χ3n) is 6.61. The van der Waals surface area contributed by atoms with Crippen molar-refractivity contribution in [2.45, 2.75) is 82.4 Å². The first-order valence-electron chi connectivity index (χ1n) is 12.0. The van der Waals surface area contributed by atoms with Gasteiger partial charge in [0.05, 0.1) is 0 Å². The Hall–Kier alpha value is -0.510. The van der Waals surface area contributed by atoms with Crippen LogP contribution >= 0.6 is 11.8 Å². The Balaban J connectivity index is 1.22. The van der Waals surface area contributed by atoms with Gasteiger partial charge in [-0.3, -0.25) is 0 Å². The predicted octanol–water partition coefficient (Wildman–Crippen LogP) is 6.11. The van der Waals surface area contributed by atoms with Gasteiger partial charge < -0.3 is 10.2 Å². The van der Waals surface area contributed by atoms with Crippen LogP contribution < -0.4 is 5.32 Å². The minimum absolute atomic E-state index is 0.899. The van der Waals surface area contributed by atoms with E-state index in [0.717, 1.165) is 17.7 Å². The molecule has 0 heterocycles. The molecule has 2 nitrogen and oxygen atoms in total. The van der Waals surface area contributed by atoms with Crippen LogP contribution in [0, 0.1) is 5.92 Å². The molecule has 0 amide bonds. The average molecular weight is 403 g/mol. The van der Waals surface area contributed by atoms with Gasteiger partial charge in [0.15, 0.2) is 0 Å². The van der Waals surface area contributed by atoms with Crippen molar-refractivity contribution in [1.29, 1.82) is 0 Å². The van der Waals surface area contributed by atoms with Crippen molar-refractivity contribution in [3.63, 3.8) is 0 Å². The van der Waals surface area contributed by atoms with Crippen LogP contribution in [-0.2, 0) is 5.75 Å². The lowest BCUT2D eigenvalue weighted by Crippen LogP contribution is -2.39. The van der Waals surface area contributed by atoms with Crippen molar-refractivity contribution < 1.29 is 0 Å². The lowest BCUT2D eigenvalue weighted by molar-refractivity contribution is 0.148. The Morgan fingerprint density at radius 2 is 1.57 bits per heavy atom. The lowest BCUT2D eigenvalue weighted by Gasteiger charge is -2.34. The van der Waals surface area contributed by atoms with E-state index in [4.69, 9.17) is 0 Å². The van der Waals surface area contributed by atoms with E-state index < -0.39 is 0 Å². The molecule has 0 unspecified atom stereocenters. The SMILES string of the molecule is c1ccc(CSCCCNCCCN(CC2CCCCC2)C2CCCC2)cc1. The monoisotopic (exact) mass is 402 g/mol. The highest BCUT2D eigenvalue weighted by molar-refractivity contribution is 7.98. The molecule has 0 aliphatic heterocycles. The second-order valence-electron chi connectivity index (χ2n) is 8.93. The number of rotatable bonds is 13. The molecule has 3 rings (SSSR count). The average Bonchev–Trinajstić information content (AvgIpc) is 3.28. The van der Waals surface area contributed by atoms with Gasteiger partial charge in [0.1, 0.15) is 0 Å². The van der Waals surface area contributed by atoms with Crippen LogP contribution in [0.2, 0.25) is 0 Å². The third kappa shape index (κ3) is 8.47. The van der Waals surface area contributed by atoms with Crippen LogP contribution in [0.15, 0.2) is 30.3 Å². The zero-order valence-electron chi connectivity index (χ0n) is 17.9. The Kier molecular flexibility index (Phi) is 10.8. The van der Waals surface area contributed by atoms with Gasteiger partial charge in [-0.2, -0.15) is 11.8 Å². The van der Waals surface area contributed by atoms with Gasteiger partial charge in [0.2, 0.25) is 0 Å². The van der Waals surface area contributed by atoms with Crippen LogP contribution in [0.1, 0.15) is 76.2 Å². The molecule has 2 aliphatic rings. The molecule has 0 atom stereocenters. The van der Waals surface area contributed by atoms with Gasteiger partial charge >= 0.3 is 0 Å². The van der Waals surface area contributed by atoms with Crippen molar-refractivity contribution >= 4 is 11.8 Å². The molecule has 2 fully saturated rings. The molecule has 0 bridgehead atoms. The van der Waals surface area contributed by atoms with Crippen molar-refractivity contribution in [2.75, 3.05) is 31.9 Å². The molecule has 0 aromatic heterocycles. The van der Waals surface area contributed by atoms with E-state index in [0.29, 0.717) is 0 Å². The maximum Gasteiger partial charge on any atom is 0.0184 e. The number of nitrogens with zero attached hydrogens (tertiary/aromatic N) is 1. The largest absolute Gasteiger partial charge is 0.317 e. The van der Waals surface area contributed by atoms with Gasteiger partial charge in [-0.15, -0.1) is 0 Å². The summed E-state index contributed by atoms with van der Waals surface area (Å²) < 4.78 is 0. The smallest absolute Gasteiger partial charge is 0.0184 e. The van der Waals surface area contributed by atoms with E-state index in [-0.39, 0.29) is 0 Å². The van der Waals surface area contributed by atoms with Crippen molar-refractivity contribution in [3.05, 3.63) is 35.9 Å². The summed E-state index contributed by atoms with van der Waals surface area (Å²) in [7, 11) is 0. The lowest BCUT2D eigenvalue weighted by atomic mass is 9.88. The number of hydrogen-bond acceptors (Lipinski definition) is 3. The van der Waals surface area contributed by atoms with E-state index in [1.807, 2.05) is 0 Å². The number of thioether (sulfide) groups is 1. The molecule has 3 heteroatoms. The first kappa shape index (κ1) is 22.2. The normalized spacial score (nSPS) is 18.9. The second kappa shape index (κ2) is 13.7. The van der Waals surface area contributed by atoms with Crippen LogP contribution in [0.25, 0.3) is 0 Å². The maximum absolute atomic E-state index is 3.69. The molecular weight excluding hydrogens is 360 g/mol. The summed E-state index contributed by atoms with van der Waals surface area (Å²) in [5.41, 5.74) is 1.45. The summed E-state index contributed by atoms with van der Waals surface area (Å²) in [5.74, 6) is 3.40. The van der Waals surface area contributed by atoms with E-state index in [1.54, 1.807) is 0 Å². The van der Waals surface area contributed by atoms with E-state index >= 15 is 0 Å². The third-order valence-corrected chi connectivity index (χ3v) is 7.73. The van der Waals surface area contributed by atoms with Crippen molar-refractivity contribution in [2.24, 2.45) is 5.92 Å². The predicted molar refractivity (Wildman–Crippen MR) is 125 cm³/mol. The van der Waals surface area contributed by atoms with Gasteiger partial charge in [-0.25, -0.2) is 0 Å². The first-order valence-corrected chi connectivity index (χ1v) is 13.1. The number of nitrogens with one attached hydrogen (secondary N) is 1. The fourth-order valence-corrected chi connectivity index (χ4v) is 5.91. The minimum Gasteiger partial charge on any atom is -0.317 e. The van der Waals surface area contributed by atoms with E-state index in [1.165, 1.54) is 108 Å². The summed E-state index contributed by atoms with van der Waals surface area (Å²) in [5, 5.41) is 3.69. The van der Waals surface area contributed by atoms with Crippen LogP contribution in [0.5, 0.6) is 0 Å². The fourth-order valence-electron chi connectivity index (χ4n) is 4.99. The van der Waals surface area contributed by atoms with Gasteiger partial charge in [0.25, 0.3) is 0 Å². The summed E-state index contributed by atoms with van der Waals surface area (Å²) in [6.45, 7) is 5.07. The highest BCUT2D eigenvalue weighted by atomic mass is 32.2. The Labute approximate surface area is 178 Å². The maximum atomic E-state index is 3.69. The first-order chi connectivity index (χ1) is 13.9. The summed E-state index contributed by atoms with van der Waals surface area (Å²) in [6, 6.07) is 11.7. The zero-order chi connectivity index (χ0) is 19.3. The summed E-state index contributed by atoms with van der Waals surface area (Å²) in [6.07, 6.45) is 15.9. The van der Waals surface area contributed by atoms with E-state index in [2.05, 4.69) is 52.3 Å². The Bertz CT molecular complexity index is 495. The summed E-state index contributed by atoms with van der Waals surface area (Å²) in [4.78, 5) is 2.89. The van der Waals surface area contributed by atoms with Gasteiger partial charge in [-0.05, 0) is 75.4 Å². The fraction of sp³-hybridized carbons (Fsp3) is 0.760. The van der Waals surface area contributed by atoms with Gasteiger partial charge in [-0.1, -0.05) is 62.4 Å². The van der Waals surface area contributed by atoms with Crippen LogP contribution in [-0.4, -0.2) is 42.9 Å². The molecule has 1 aromatic carbocycles. The molecule has 1 aromatic rings. The molecule has 0 saturated heterocycles. The second-order valence-corrected chi connectivity index (χ2v) is 10.0. The standard InChI is InChI=1S/C25H42N2S/c1-3-11-23(12-4-1)21-27(25-15-7-8-16-25)19-9-17-26-18-10-20-28-22-24-13-5-2-6-14-24/h2,5-6,13-14,23,25-26H,1,3-4,7-12,15-22H2. The van der Waals surface area contributed by atoms with Crippen molar-refractivity contribution in [3.8, 4) is 0 Å². The van der Waals surface area contributed by atoms with Crippen molar-refractivity contribution in [1.82, 2.24) is 10.2 Å². The van der Waals surface area contributed by atoms with Gasteiger partial charge in [0, 0.05) is 18.3 Å². The molecular formula is C25H42N2S. The minimum atomic E-state index is 0.899. The van der Waals surface area contributed by atoms with E-state index in [9.17, 15) is 0 Å². The highest BCUT2D eigenvalue weighted by Gasteiger charge is 2.25. The molecule has 0 radical (unpaired) electrons. The topological polar surface area (TPSA) is 15.3 Å². The highest BCUT2D eigenvalue weighted by Crippen LogP contribution is 2.29. The number of benzene rings is 1. The molecule has 158 valence electrons. The Morgan fingerprint density at radius 3 is 2.36 bits per heavy atom. The molecule has 2 saturated carbocycles. The Morgan fingerprint density at radius 1 is 0.857 bits per heavy atom. The molecule has 28 heavy (non-hydrogen) atoms. The van der Waals surface area contributed by atoms with Crippen LogP contribution in [0.3, 0.4) is 0 Å². The molecule has 2 aliphatic carbocycles. The summed E-state index contributed by atoms with van der Waals surface area (Å²) >= 11 is 2.06. The zero-order valence-corrected chi connectivity index (χ0v) is 18.7.